The highest BCUT2D eigenvalue weighted by Gasteiger charge is 2.21. The van der Waals surface area contributed by atoms with E-state index in [1.807, 2.05) is 6.07 Å². The first-order valence-corrected chi connectivity index (χ1v) is 6.69. The molecule has 2 N–H and O–H groups in total. The van der Waals surface area contributed by atoms with Crippen LogP contribution in [0.1, 0.15) is 25.3 Å². The maximum Gasteiger partial charge on any atom is 0.250 e. The monoisotopic (exact) mass is 267 g/mol. The summed E-state index contributed by atoms with van der Waals surface area (Å²) in [4.78, 5) is 11.8. The quantitative estimate of drug-likeness (QED) is 0.811. The van der Waals surface area contributed by atoms with Crippen LogP contribution in [-0.2, 0) is 22.5 Å². The third-order valence-corrected chi connectivity index (χ3v) is 2.88. The Morgan fingerprint density at radius 1 is 1.63 bits per heavy atom. The van der Waals surface area contributed by atoms with E-state index in [4.69, 9.17) is 9.26 Å². The molecule has 0 saturated carbocycles. The Bertz CT molecular complexity index is 411. The summed E-state index contributed by atoms with van der Waals surface area (Å²) in [6.07, 6.45) is 0.472. The summed E-state index contributed by atoms with van der Waals surface area (Å²) < 4.78 is 10.5. The summed E-state index contributed by atoms with van der Waals surface area (Å²) in [5.74, 6) is 1.09. The predicted molar refractivity (Wildman–Crippen MR) is 69.5 cm³/mol. The Balaban J connectivity index is 1.78. The number of nitrogens with zero attached hydrogens (tertiary/aromatic N) is 1. The van der Waals surface area contributed by atoms with Gasteiger partial charge < -0.3 is 19.9 Å². The molecule has 0 aromatic carbocycles. The Kier molecular flexibility index (Phi) is 4.93. The van der Waals surface area contributed by atoms with Crippen LogP contribution in [0.2, 0.25) is 0 Å². The molecule has 1 aliphatic rings. The number of nitrogens with one attached hydrogen (secondary N) is 2. The first-order chi connectivity index (χ1) is 9.15. The van der Waals surface area contributed by atoms with E-state index < -0.39 is 6.10 Å². The molecule has 1 aromatic rings. The highest BCUT2D eigenvalue weighted by Crippen LogP contribution is 2.09. The lowest BCUT2D eigenvalue weighted by Gasteiger charge is -2.22. The van der Waals surface area contributed by atoms with Gasteiger partial charge in [-0.15, -0.1) is 0 Å². The molecule has 2 heterocycles. The maximum atomic E-state index is 11.8. The number of aromatic nitrogens is 1. The summed E-state index contributed by atoms with van der Waals surface area (Å²) in [5.41, 5.74) is 0.926. The number of ether oxygens (including phenoxy) is 1. The number of hydrogen-bond acceptors (Lipinski definition) is 5. The number of amides is 1. The first-order valence-electron chi connectivity index (χ1n) is 6.69. The minimum atomic E-state index is -0.410. The molecule has 1 aromatic heterocycles. The van der Waals surface area contributed by atoms with Crippen molar-refractivity contribution in [3.8, 4) is 0 Å². The fraction of sp³-hybridized carbons (Fsp3) is 0.692. The zero-order valence-corrected chi connectivity index (χ0v) is 11.4. The number of carbonyl (C=O) groups is 1. The topological polar surface area (TPSA) is 76.4 Å². The Hall–Kier alpha value is -1.40. The van der Waals surface area contributed by atoms with Gasteiger partial charge in [0.1, 0.15) is 6.10 Å². The number of morpholine rings is 1. The third-order valence-electron chi connectivity index (χ3n) is 2.88. The van der Waals surface area contributed by atoms with E-state index in [0.29, 0.717) is 31.4 Å². The fourth-order valence-electron chi connectivity index (χ4n) is 1.98. The van der Waals surface area contributed by atoms with Crippen LogP contribution in [0.5, 0.6) is 0 Å². The molecule has 6 nitrogen and oxygen atoms in total. The predicted octanol–water partition coefficient (Wildman–Crippen LogP) is 0.478. The molecule has 19 heavy (non-hydrogen) atoms. The minimum absolute atomic E-state index is 0.117. The largest absolute Gasteiger partial charge is 0.366 e. The molecule has 0 bridgehead atoms. The molecular formula is C13H21N3O3. The van der Waals surface area contributed by atoms with E-state index in [1.165, 1.54) is 0 Å². The van der Waals surface area contributed by atoms with Crippen LogP contribution in [0.4, 0.5) is 0 Å². The second-order valence-electron chi connectivity index (χ2n) is 5.16. The molecule has 1 aliphatic heterocycles. The lowest BCUT2D eigenvalue weighted by molar-refractivity contribution is -0.134. The molecule has 0 unspecified atom stereocenters. The van der Waals surface area contributed by atoms with E-state index in [1.54, 1.807) is 0 Å². The molecular weight excluding hydrogens is 246 g/mol. The summed E-state index contributed by atoms with van der Waals surface area (Å²) in [6, 6.07) is 1.89. The molecule has 1 saturated heterocycles. The highest BCUT2D eigenvalue weighted by molar-refractivity contribution is 5.81. The van der Waals surface area contributed by atoms with Gasteiger partial charge in [-0.25, -0.2) is 0 Å². The molecule has 106 valence electrons. The van der Waals surface area contributed by atoms with E-state index in [2.05, 4.69) is 29.6 Å². The van der Waals surface area contributed by atoms with Crippen LogP contribution < -0.4 is 10.6 Å². The molecule has 0 aliphatic carbocycles. The lowest BCUT2D eigenvalue weighted by atomic mass is 10.1. The molecule has 2 rings (SSSR count). The van der Waals surface area contributed by atoms with Crippen molar-refractivity contribution in [3.05, 3.63) is 17.5 Å². The van der Waals surface area contributed by atoms with Crippen molar-refractivity contribution in [3.63, 3.8) is 0 Å². The van der Waals surface area contributed by atoms with Crippen LogP contribution >= 0.6 is 0 Å². The fourth-order valence-corrected chi connectivity index (χ4v) is 1.98. The van der Waals surface area contributed by atoms with E-state index in [9.17, 15) is 4.79 Å². The Labute approximate surface area is 112 Å². The van der Waals surface area contributed by atoms with Crippen LogP contribution in [0.25, 0.3) is 0 Å². The maximum absolute atomic E-state index is 11.8. The molecule has 0 spiro atoms. The molecule has 6 heteroatoms. The molecule has 1 atom stereocenters. The summed E-state index contributed by atoms with van der Waals surface area (Å²) in [5, 5.41) is 9.89. The normalized spacial score (nSPS) is 19.6. The lowest BCUT2D eigenvalue weighted by Crippen LogP contribution is -2.47. The van der Waals surface area contributed by atoms with Gasteiger partial charge in [-0.1, -0.05) is 19.0 Å². The second-order valence-corrected chi connectivity index (χ2v) is 5.16. The molecule has 1 amide bonds. The standard InChI is InChI=1S/C13H21N3O3/c1-9(2)5-10-6-11(19-16-10)7-15-13(17)12-8-14-3-4-18-12/h6,9,12,14H,3-5,7-8H2,1-2H3,(H,15,17)/t12-/m0/s1. The van der Waals surface area contributed by atoms with Crippen molar-refractivity contribution < 1.29 is 14.1 Å². The van der Waals surface area contributed by atoms with Gasteiger partial charge in [0.25, 0.3) is 5.91 Å². The second kappa shape index (κ2) is 6.68. The van der Waals surface area contributed by atoms with Crippen LogP contribution in [0.15, 0.2) is 10.6 Å². The van der Waals surface area contributed by atoms with Gasteiger partial charge >= 0.3 is 0 Å². The van der Waals surface area contributed by atoms with Gasteiger partial charge in [0.2, 0.25) is 0 Å². The van der Waals surface area contributed by atoms with Crippen LogP contribution in [0, 0.1) is 5.92 Å². The Morgan fingerprint density at radius 2 is 2.47 bits per heavy atom. The Morgan fingerprint density at radius 3 is 3.16 bits per heavy atom. The van der Waals surface area contributed by atoms with Crippen LogP contribution in [-0.4, -0.2) is 36.9 Å². The van der Waals surface area contributed by atoms with Crippen molar-refractivity contribution >= 4 is 5.91 Å². The SMILES string of the molecule is CC(C)Cc1cc(CNC(=O)[C@@H]2CNCCO2)on1. The zero-order chi connectivity index (χ0) is 13.7. The minimum Gasteiger partial charge on any atom is -0.366 e. The van der Waals surface area contributed by atoms with Crippen LogP contribution in [0.3, 0.4) is 0 Å². The van der Waals surface area contributed by atoms with Crippen molar-refractivity contribution in [2.24, 2.45) is 5.92 Å². The van der Waals surface area contributed by atoms with E-state index in [0.717, 1.165) is 18.7 Å². The number of carbonyl (C=O) groups excluding carboxylic acids is 1. The van der Waals surface area contributed by atoms with Crippen molar-refractivity contribution in [1.82, 2.24) is 15.8 Å². The summed E-state index contributed by atoms with van der Waals surface area (Å²) >= 11 is 0. The van der Waals surface area contributed by atoms with Gasteiger partial charge in [0.15, 0.2) is 5.76 Å². The highest BCUT2D eigenvalue weighted by atomic mass is 16.5. The number of hydrogen-bond donors (Lipinski definition) is 2. The van der Waals surface area contributed by atoms with Gasteiger partial charge in [-0.2, -0.15) is 0 Å². The van der Waals surface area contributed by atoms with E-state index >= 15 is 0 Å². The third kappa shape index (κ3) is 4.33. The summed E-state index contributed by atoms with van der Waals surface area (Å²) in [7, 11) is 0. The average molecular weight is 267 g/mol. The molecule has 1 fully saturated rings. The number of rotatable bonds is 5. The van der Waals surface area contributed by atoms with Gasteiger partial charge in [0, 0.05) is 19.2 Å². The average Bonchev–Trinajstić information content (AvgIpc) is 2.84. The smallest absolute Gasteiger partial charge is 0.250 e. The van der Waals surface area contributed by atoms with Crippen molar-refractivity contribution in [2.75, 3.05) is 19.7 Å². The van der Waals surface area contributed by atoms with Gasteiger partial charge in [0.05, 0.1) is 18.8 Å². The zero-order valence-electron chi connectivity index (χ0n) is 11.4. The van der Waals surface area contributed by atoms with E-state index in [-0.39, 0.29) is 5.91 Å². The first kappa shape index (κ1) is 14.0. The summed E-state index contributed by atoms with van der Waals surface area (Å²) in [6.45, 7) is 6.53. The van der Waals surface area contributed by atoms with Gasteiger partial charge in [-0.05, 0) is 12.3 Å². The molecule has 0 radical (unpaired) electrons. The van der Waals surface area contributed by atoms with Crippen molar-refractivity contribution in [1.29, 1.82) is 0 Å². The van der Waals surface area contributed by atoms with Gasteiger partial charge in [-0.3, -0.25) is 4.79 Å². The van der Waals surface area contributed by atoms with Crippen molar-refractivity contribution in [2.45, 2.75) is 32.9 Å².